The Kier molecular flexibility index (Phi) is 1.48. The fourth-order valence-electron chi connectivity index (χ4n) is 0.554. The molecule has 1 aliphatic heterocycles. The van der Waals surface area contributed by atoms with Crippen molar-refractivity contribution in [2.75, 3.05) is 20.3 Å². The first-order valence-electron chi connectivity index (χ1n) is 2.62. The van der Waals surface area contributed by atoms with Gasteiger partial charge in [0.05, 0.1) is 19.3 Å². The van der Waals surface area contributed by atoms with Crippen LogP contribution in [0.1, 0.15) is 0 Å². The van der Waals surface area contributed by atoms with Gasteiger partial charge >= 0.3 is 0 Å². The summed E-state index contributed by atoms with van der Waals surface area (Å²) in [5, 5.41) is 5.54. The molecule has 0 aromatic heterocycles. The van der Waals surface area contributed by atoms with Gasteiger partial charge in [0.25, 0.3) is 0 Å². The number of hydrogen-bond donors (Lipinski definition) is 0. The Labute approximate surface area is 48.9 Å². The van der Waals surface area contributed by atoms with Crippen LogP contribution in [0.25, 0.3) is 0 Å². The summed E-state index contributed by atoms with van der Waals surface area (Å²) in [7, 11) is 1.90. The lowest BCUT2D eigenvalue weighted by molar-refractivity contribution is -0.0549. The molecule has 0 spiro atoms. The van der Waals surface area contributed by atoms with E-state index in [-0.39, 0.29) is 0 Å². The molecule has 0 aromatic carbocycles. The van der Waals surface area contributed by atoms with Crippen molar-refractivity contribution in [3.8, 4) is 0 Å². The third kappa shape index (κ3) is 0.816. The van der Waals surface area contributed by atoms with Crippen LogP contribution in [0.4, 0.5) is 0 Å². The Morgan fingerprint density at radius 3 is 2.50 bits per heavy atom. The van der Waals surface area contributed by atoms with Crippen molar-refractivity contribution in [2.24, 2.45) is 5.10 Å². The van der Waals surface area contributed by atoms with Crippen molar-refractivity contribution in [2.45, 2.75) is 6.04 Å². The third-order valence-corrected chi connectivity index (χ3v) is 1.37. The molecule has 0 atom stereocenters. The maximum Gasteiger partial charge on any atom is 0.0933 e. The van der Waals surface area contributed by atoms with Gasteiger partial charge in [-0.05, 0) is 0 Å². The van der Waals surface area contributed by atoms with Crippen LogP contribution in [-0.4, -0.2) is 38.0 Å². The van der Waals surface area contributed by atoms with Gasteiger partial charge in [-0.15, -0.1) is 0 Å². The molecule has 46 valence electrons. The molecule has 1 fully saturated rings. The van der Waals surface area contributed by atoms with E-state index in [0.29, 0.717) is 6.04 Å². The maximum absolute atomic E-state index is 4.93. The van der Waals surface area contributed by atoms with Crippen LogP contribution in [0, 0.1) is 0 Å². The summed E-state index contributed by atoms with van der Waals surface area (Å²) in [6.07, 6.45) is 0. The lowest BCUT2D eigenvalue weighted by atomic mass is 10.3. The van der Waals surface area contributed by atoms with Gasteiger partial charge < -0.3 is 4.74 Å². The van der Waals surface area contributed by atoms with Crippen LogP contribution in [0.2, 0.25) is 0 Å². The van der Waals surface area contributed by atoms with Crippen molar-refractivity contribution in [1.82, 2.24) is 5.01 Å². The number of nitrogens with zero attached hydrogens (tertiary/aromatic N) is 2. The van der Waals surface area contributed by atoms with Crippen molar-refractivity contribution < 1.29 is 4.74 Å². The standard InChI is InChI=1S/C5H10N2O/c1-6-7(2)5-3-8-4-5/h5H,1,3-4H2,2H3. The molecule has 3 heteroatoms. The van der Waals surface area contributed by atoms with Gasteiger partial charge in [-0.25, -0.2) is 0 Å². The molecule has 0 amide bonds. The molecule has 0 bridgehead atoms. The van der Waals surface area contributed by atoms with E-state index >= 15 is 0 Å². The highest BCUT2D eigenvalue weighted by atomic mass is 16.5. The minimum Gasteiger partial charge on any atom is -0.377 e. The zero-order valence-corrected chi connectivity index (χ0v) is 5.00. The monoisotopic (exact) mass is 114 g/mol. The molecule has 0 radical (unpaired) electrons. The first-order valence-corrected chi connectivity index (χ1v) is 2.62. The molecular weight excluding hydrogens is 104 g/mol. The second-order valence-corrected chi connectivity index (χ2v) is 1.91. The highest BCUT2D eigenvalue weighted by Crippen LogP contribution is 2.06. The normalized spacial score (nSPS) is 19.6. The van der Waals surface area contributed by atoms with Crippen LogP contribution in [0.15, 0.2) is 5.10 Å². The highest BCUT2D eigenvalue weighted by molar-refractivity contribution is 5.22. The zero-order valence-electron chi connectivity index (χ0n) is 5.00. The average molecular weight is 114 g/mol. The summed E-state index contributed by atoms with van der Waals surface area (Å²) < 4.78 is 4.93. The van der Waals surface area contributed by atoms with E-state index in [1.165, 1.54) is 0 Å². The Bertz CT molecular complexity index is 90.4. The number of hydrogen-bond acceptors (Lipinski definition) is 3. The molecule has 0 aliphatic carbocycles. The van der Waals surface area contributed by atoms with E-state index < -0.39 is 0 Å². The fourth-order valence-corrected chi connectivity index (χ4v) is 0.554. The minimum absolute atomic E-state index is 0.479. The third-order valence-electron chi connectivity index (χ3n) is 1.37. The van der Waals surface area contributed by atoms with E-state index in [0.717, 1.165) is 13.2 Å². The smallest absolute Gasteiger partial charge is 0.0933 e. The van der Waals surface area contributed by atoms with Crippen molar-refractivity contribution in [3.05, 3.63) is 0 Å². The first kappa shape index (κ1) is 5.56. The Balaban J connectivity index is 2.22. The molecule has 1 heterocycles. The second kappa shape index (κ2) is 2.13. The topological polar surface area (TPSA) is 24.8 Å². The molecule has 1 rings (SSSR count). The van der Waals surface area contributed by atoms with Crippen LogP contribution >= 0.6 is 0 Å². The SMILES string of the molecule is C=NN(C)C1COC1. The molecule has 1 aliphatic rings. The molecule has 0 unspecified atom stereocenters. The summed E-state index contributed by atoms with van der Waals surface area (Å²) in [6.45, 7) is 4.99. The van der Waals surface area contributed by atoms with Crippen LogP contribution in [-0.2, 0) is 4.74 Å². The van der Waals surface area contributed by atoms with Gasteiger partial charge in [0.1, 0.15) is 0 Å². The predicted molar refractivity (Wildman–Crippen MR) is 31.9 cm³/mol. The summed E-state index contributed by atoms with van der Waals surface area (Å²) in [6, 6.07) is 0.479. The average Bonchev–Trinajstić information content (AvgIpc) is 1.62. The largest absolute Gasteiger partial charge is 0.377 e. The predicted octanol–water partition coefficient (Wildman–Crippen LogP) is -0.0674. The van der Waals surface area contributed by atoms with Crippen LogP contribution in [0.5, 0.6) is 0 Å². The fraction of sp³-hybridized carbons (Fsp3) is 0.800. The Morgan fingerprint density at radius 1 is 1.75 bits per heavy atom. The van der Waals surface area contributed by atoms with E-state index in [4.69, 9.17) is 4.74 Å². The number of rotatable bonds is 2. The lowest BCUT2D eigenvalue weighted by Crippen LogP contribution is -2.44. The molecule has 1 saturated heterocycles. The first-order chi connectivity index (χ1) is 3.84. The van der Waals surface area contributed by atoms with Gasteiger partial charge in [-0.2, -0.15) is 5.10 Å². The van der Waals surface area contributed by atoms with Gasteiger partial charge in [0, 0.05) is 13.8 Å². The second-order valence-electron chi connectivity index (χ2n) is 1.91. The maximum atomic E-state index is 4.93. The van der Waals surface area contributed by atoms with Crippen LogP contribution in [0.3, 0.4) is 0 Å². The van der Waals surface area contributed by atoms with Gasteiger partial charge in [0.2, 0.25) is 0 Å². The molecule has 0 saturated carbocycles. The van der Waals surface area contributed by atoms with Gasteiger partial charge in [0.15, 0.2) is 0 Å². The molecule has 0 N–H and O–H groups in total. The minimum atomic E-state index is 0.479. The highest BCUT2D eigenvalue weighted by Gasteiger charge is 2.21. The molecule has 3 nitrogen and oxygen atoms in total. The van der Waals surface area contributed by atoms with Crippen molar-refractivity contribution in [1.29, 1.82) is 0 Å². The molecular formula is C5H10N2O. The molecule has 8 heavy (non-hydrogen) atoms. The summed E-state index contributed by atoms with van der Waals surface area (Å²) >= 11 is 0. The van der Waals surface area contributed by atoms with E-state index in [1.54, 1.807) is 0 Å². The summed E-state index contributed by atoms with van der Waals surface area (Å²) in [5.41, 5.74) is 0. The van der Waals surface area contributed by atoms with Gasteiger partial charge in [-0.3, -0.25) is 5.01 Å². The van der Waals surface area contributed by atoms with E-state index in [1.807, 2.05) is 12.1 Å². The van der Waals surface area contributed by atoms with E-state index in [2.05, 4.69) is 11.8 Å². The Hall–Kier alpha value is -0.570. The number of likely N-dealkylation sites (N-methyl/N-ethyl adjacent to an activating group) is 1. The number of ether oxygens (including phenoxy) is 1. The number of hydrazone groups is 1. The van der Waals surface area contributed by atoms with Gasteiger partial charge in [-0.1, -0.05) is 0 Å². The van der Waals surface area contributed by atoms with Crippen molar-refractivity contribution in [3.63, 3.8) is 0 Å². The zero-order chi connectivity index (χ0) is 5.98. The quantitative estimate of drug-likeness (QED) is 0.371. The summed E-state index contributed by atoms with van der Waals surface area (Å²) in [4.78, 5) is 0. The lowest BCUT2D eigenvalue weighted by Gasteiger charge is -2.31. The Morgan fingerprint density at radius 2 is 2.38 bits per heavy atom. The van der Waals surface area contributed by atoms with Crippen LogP contribution < -0.4 is 0 Å². The molecule has 0 aromatic rings. The summed E-state index contributed by atoms with van der Waals surface area (Å²) in [5.74, 6) is 0. The van der Waals surface area contributed by atoms with Crippen molar-refractivity contribution >= 4 is 6.72 Å². The van der Waals surface area contributed by atoms with E-state index in [9.17, 15) is 0 Å².